The molecule has 1 saturated heterocycles. The summed E-state index contributed by atoms with van der Waals surface area (Å²) in [6, 6.07) is 0. The highest BCUT2D eigenvalue weighted by atomic mass is 79.9. The van der Waals surface area contributed by atoms with E-state index < -0.39 is 0 Å². The monoisotopic (exact) mass is 271 g/mol. The van der Waals surface area contributed by atoms with Gasteiger partial charge in [-0.3, -0.25) is 9.36 Å². The number of hydrogen-bond donors (Lipinski definition) is 1. The highest BCUT2D eigenvalue weighted by Gasteiger charge is 2.17. The molecule has 2 rings (SSSR count). The van der Waals surface area contributed by atoms with Crippen LogP contribution in [0.2, 0.25) is 0 Å². The predicted octanol–water partition coefficient (Wildman–Crippen LogP) is 0.924. The lowest BCUT2D eigenvalue weighted by Gasteiger charge is -2.27. The Bertz CT molecular complexity index is 412. The van der Waals surface area contributed by atoms with Gasteiger partial charge in [0, 0.05) is 12.7 Å². The van der Waals surface area contributed by atoms with Gasteiger partial charge in [-0.25, -0.2) is 4.98 Å². The summed E-state index contributed by atoms with van der Waals surface area (Å²) in [5, 5.41) is 3.23. The normalized spacial score (nSPS) is 16.4. The maximum Gasteiger partial charge on any atom is 0.267 e. The fraction of sp³-hybridized carbons (Fsp3) is 0.600. The molecule has 1 aliphatic rings. The average Bonchev–Trinajstić information content (AvgIpc) is 2.15. The first-order valence-electron chi connectivity index (χ1n) is 5.11. The summed E-state index contributed by atoms with van der Waals surface area (Å²) in [6.45, 7) is 4.79. The highest BCUT2D eigenvalue weighted by molar-refractivity contribution is 9.10. The third-order valence-corrected chi connectivity index (χ3v) is 3.38. The van der Waals surface area contributed by atoms with Crippen LogP contribution in [-0.4, -0.2) is 22.6 Å². The van der Waals surface area contributed by atoms with Gasteiger partial charge in [-0.15, -0.1) is 0 Å². The zero-order valence-electron chi connectivity index (χ0n) is 8.66. The van der Waals surface area contributed by atoms with Crippen molar-refractivity contribution in [2.45, 2.75) is 19.9 Å². The fourth-order valence-corrected chi connectivity index (χ4v) is 1.99. The first-order valence-corrected chi connectivity index (χ1v) is 5.90. The van der Waals surface area contributed by atoms with Crippen molar-refractivity contribution >= 4 is 15.9 Å². The Morgan fingerprint density at radius 2 is 2.40 bits per heavy atom. The van der Waals surface area contributed by atoms with Crippen LogP contribution in [0.15, 0.2) is 15.5 Å². The van der Waals surface area contributed by atoms with Crippen molar-refractivity contribution in [3.8, 4) is 0 Å². The van der Waals surface area contributed by atoms with Gasteiger partial charge in [0.05, 0.1) is 0 Å². The Kier molecular flexibility index (Phi) is 3.21. The molecule has 0 unspecified atom stereocenters. The number of halogens is 1. The molecule has 1 N–H and O–H groups in total. The molecule has 0 saturated carbocycles. The second kappa shape index (κ2) is 4.45. The number of aryl methyl sites for hydroxylation is 1. The van der Waals surface area contributed by atoms with E-state index in [1.807, 2.05) is 6.92 Å². The topological polar surface area (TPSA) is 46.9 Å². The van der Waals surface area contributed by atoms with Gasteiger partial charge in [0.1, 0.15) is 10.3 Å². The second-order valence-corrected chi connectivity index (χ2v) is 4.78. The minimum Gasteiger partial charge on any atom is -0.316 e. The van der Waals surface area contributed by atoms with E-state index in [1.165, 1.54) is 0 Å². The Morgan fingerprint density at radius 1 is 1.67 bits per heavy atom. The van der Waals surface area contributed by atoms with E-state index in [0.717, 1.165) is 37.8 Å². The molecular weight excluding hydrogens is 258 g/mol. The SMILES string of the molecule is Cc1ncc(Br)c(=O)n1CCC1CNC1. The fourth-order valence-electron chi connectivity index (χ4n) is 1.68. The molecule has 0 atom stereocenters. The molecule has 5 heteroatoms. The van der Waals surface area contributed by atoms with Crippen LogP contribution in [0.4, 0.5) is 0 Å². The van der Waals surface area contributed by atoms with Crippen molar-refractivity contribution in [2.75, 3.05) is 13.1 Å². The van der Waals surface area contributed by atoms with Gasteiger partial charge in [0.25, 0.3) is 5.56 Å². The Balaban J connectivity index is 2.12. The molecule has 4 nitrogen and oxygen atoms in total. The van der Waals surface area contributed by atoms with Crippen molar-refractivity contribution in [1.82, 2.24) is 14.9 Å². The number of hydrogen-bond acceptors (Lipinski definition) is 3. The first-order chi connectivity index (χ1) is 7.18. The summed E-state index contributed by atoms with van der Waals surface area (Å²) < 4.78 is 2.28. The Labute approximate surface area is 96.8 Å². The van der Waals surface area contributed by atoms with Gasteiger partial charge < -0.3 is 5.32 Å². The van der Waals surface area contributed by atoms with E-state index >= 15 is 0 Å². The molecule has 1 aromatic rings. The van der Waals surface area contributed by atoms with Gasteiger partial charge in [-0.1, -0.05) is 0 Å². The van der Waals surface area contributed by atoms with Gasteiger partial charge in [0.2, 0.25) is 0 Å². The van der Waals surface area contributed by atoms with Crippen LogP contribution in [-0.2, 0) is 6.54 Å². The predicted molar refractivity (Wildman–Crippen MR) is 61.9 cm³/mol. The molecular formula is C10H14BrN3O. The molecule has 0 spiro atoms. The molecule has 1 aromatic heterocycles. The molecule has 82 valence electrons. The van der Waals surface area contributed by atoms with Crippen molar-refractivity contribution in [2.24, 2.45) is 5.92 Å². The van der Waals surface area contributed by atoms with E-state index in [0.29, 0.717) is 4.47 Å². The number of aromatic nitrogens is 2. The van der Waals surface area contributed by atoms with Crippen LogP contribution in [0.1, 0.15) is 12.2 Å². The third-order valence-electron chi connectivity index (χ3n) is 2.83. The highest BCUT2D eigenvalue weighted by Crippen LogP contribution is 2.10. The van der Waals surface area contributed by atoms with Crippen LogP contribution in [0.25, 0.3) is 0 Å². The van der Waals surface area contributed by atoms with Crippen LogP contribution >= 0.6 is 15.9 Å². The maximum absolute atomic E-state index is 11.8. The van der Waals surface area contributed by atoms with Crippen LogP contribution < -0.4 is 10.9 Å². The van der Waals surface area contributed by atoms with Gasteiger partial charge in [-0.05, 0) is 48.3 Å². The Hall–Kier alpha value is -0.680. The average molecular weight is 272 g/mol. The molecule has 0 radical (unpaired) electrons. The van der Waals surface area contributed by atoms with E-state index in [4.69, 9.17) is 0 Å². The van der Waals surface area contributed by atoms with Gasteiger partial charge in [-0.2, -0.15) is 0 Å². The third kappa shape index (κ3) is 2.29. The summed E-state index contributed by atoms with van der Waals surface area (Å²) in [6.07, 6.45) is 2.62. The molecule has 0 bridgehead atoms. The molecule has 0 aliphatic carbocycles. The number of nitrogens with zero attached hydrogens (tertiary/aromatic N) is 2. The summed E-state index contributed by atoms with van der Waals surface area (Å²) in [5.41, 5.74) is 0.0229. The van der Waals surface area contributed by atoms with Gasteiger partial charge >= 0.3 is 0 Å². The summed E-state index contributed by atoms with van der Waals surface area (Å²) in [4.78, 5) is 15.9. The largest absolute Gasteiger partial charge is 0.316 e. The van der Waals surface area contributed by atoms with E-state index in [-0.39, 0.29) is 5.56 Å². The van der Waals surface area contributed by atoms with Crippen molar-refractivity contribution < 1.29 is 0 Å². The number of rotatable bonds is 3. The lowest BCUT2D eigenvalue weighted by Crippen LogP contribution is -2.42. The lowest BCUT2D eigenvalue weighted by atomic mass is 9.99. The maximum atomic E-state index is 11.8. The van der Waals surface area contributed by atoms with Crippen molar-refractivity contribution in [1.29, 1.82) is 0 Å². The quantitative estimate of drug-likeness (QED) is 0.890. The smallest absolute Gasteiger partial charge is 0.267 e. The van der Waals surface area contributed by atoms with Crippen molar-refractivity contribution in [3.63, 3.8) is 0 Å². The van der Waals surface area contributed by atoms with Gasteiger partial charge in [0.15, 0.2) is 0 Å². The van der Waals surface area contributed by atoms with Crippen LogP contribution in [0.3, 0.4) is 0 Å². The summed E-state index contributed by atoms with van der Waals surface area (Å²) in [5.74, 6) is 1.51. The second-order valence-electron chi connectivity index (χ2n) is 3.92. The molecule has 1 fully saturated rings. The van der Waals surface area contributed by atoms with Crippen LogP contribution in [0.5, 0.6) is 0 Å². The summed E-state index contributed by atoms with van der Waals surface area (Å²) >= 11 is 3.21. The minimum atomic E-state index is 0.0229. The number of nitrogens with one attached hydrogen (secondary N) is 1. The molecule has 15 heavy (non-hydrogen) atoms. The first kappa shape index (κ1) is 10.8. The Morgan fingerprint density at radius 3 is 3.00 bits per heavy atom. The summed E-state index contributed by atoms with van der Waals surface area (Å²) in [7, 11) is 0. The molecule has 0 amide bonds. The zero-order chi connectivity index (χ0) is 10.8. The zero-order valence-corrected chi connectivity index (χ0v) is 10.2. The van der Waals surface area contributed by atoms with E-state index in [9.17, 15) is 4.79 Å². The standard InChI is InChI=1S/C10H14BrN3O/c1-7-13-6-9(11)10(15)14(7)3-2-8-4-12-5-8/h6,8,12H,2-5H2,1H3. The molecule has 0 aromatic carbocycles. The molecule has 2 heterocycles. The lowest BCUT2D eigenvalue weighted by molar-refractivity contribution is 0.309. The molecule has 1 aliphatic heterocycles. The van der Waals surface area contributed by atoms with E-state index in [1.54, 1.807) is 10.8 Å². The van der Waals surface area contributed by atoms with Crippen molar-refractivity contribution in [3.05, 3.63) is 26.8 Å². The van der Waals surface area contributed by atoms with E-state index in [2.05, 4.69) is 26.2 Å². The minimum absolute atomic E-state index is 0.0229. The van der Waals surface area contributed by atoms with Crippen LogP contribution in [0, 0.1) is 12.8 Å².